The molecule has 0 aliphatic carbocycles. The van der Waals surface area contributed by atoms with Gasteiger partial charge in [-0.2, -0.15) is 5.10 Å². The number of carbonyl (C=O) groups is 1. The SMILES string of the molecule is CC(C)c1cc(C(=O)O)nc2c(N)cnn12. The summed E-state index contributed by atoms with van der Waals surface area (Å²) in [4.78, 5) is 14.9. The highest BCUT2D eigenvalue weighted by molar-refractivity contribution is 5.86. The molecule has 0 aliphatic heterocycles. The minimum absolute atomic E-state index is 0.0107. The molecule has 0 radical (unpaired) electrons. The first-order valence-electron chi connectivity index (χ1n) is 4.88. The molecular formula is C10H12N4O2. The highest BCUT2D eigenvalue weighted by Crippen LogP contribution is 2.19. The second-order valence-corrected chi connectivity index (χ2v) is 3.86. The molecule has 0 aliphatic rings. The molecule has 2 rings (SSSR count). The lowest BCUT2D eigenvalue weighted by Crippen LogP contribution is -2.09. The summed E-state index contributed by atoms with van der Waals surface area (Å²) >= 11 is 0. The van der Waals surface area contributed by atoms with E-state index >= 15 is 0 Å². The third-order valence-corrected chi connectivity index (χ3v) is 2.34. The zero-order valence-electron chi connectivity index (χ0n) is 9.01. The molecule has 3 N–H and O–H groups in total. The maximum Gasteiger partial charge on any atom is 0.354 e. The number of hydrogen-bond donors (Lipinski definition) is 2. The van der Waals surface area contributed by atoms with Crippen LogP contribution in [0.15, 0.2) is 12.3 Å². The number of fused-ring (bicyclic) bond motifs is 1. The Balaban J connectivity index is 2.80. The van der Waals surface area contributed by atoms with Crippen molar-refractivity contribution in [3.05, 3.63) is 23.7 Å². The second-order valence-electron chi connectivity index (χ2n) is 3.86. The van der Waals surface area contributed by atoms with E-state index < -0.39 is 5.97 Å². The number of nitrogens with two attached hydrogens (primary N) is 1. The molecular weight excluding hydrogens is 208 g/mol. The van der Waals surface area contributed by atoms with Crippen LogP contribution in [0, 0.1) is 0 Å². The van der Waals surface area contributed by atoms with Crippen molar-refractivity contribution < 1.29 is 9.90 Å². The maximum atomic E-state index is 10.9. The van der Waals surface area contributed by atoms with Crippen LogP contribution in [0.3, 0.4) is 0 Å². The molecule has 16 heavy (non-hydrogen) atoms. The van der Waals surface area contributed by atoms with E-state index in [1.807, 2.05) is 13.8 Å². The van der Waals surface area contributed by atoms with Gasteiger partial charge in [-0.15, -0.1) is 0 Å². The zero-order chi connectivity index (χ0) is 11.9. The molecule has 6 nitrogen and oxygen atoms in total. The Hall–Kier alpha value is -2.11. The Kier molecular flexibility index (Phi) is 2.26. The summed E-state index contributed by atoms with van der Waals surface area (Å²) in [7, 11) is 0. The monoisotopic (exact) mass is 220 g/mol. The lowest BCUT2D eigenvalue weighted by molar-refractivity contribution is 0.0690. The fourth-order valence-electron chi connectivity index (χ4n) is 1.52. The molecule has 0 amide bonds. The van der Waals surface area contributed by atoms with Crippen molar-refractivity contribution in [2.75, 3.05) is 5.73 Å². The number of nitrogen functional groups attached to an aromatic ring is 1. The van der Waals surface area contributed by atoms with Gasteiger partial charge in [0.25, 0.3) is 0 Å². The molecule has 0 spiro atoms. The van der Waals surface area contributed by atoms with Crippen LogP contribution in [0.2, 0.25) is 0 Å². The third-order valence-electron chi connectivity index (χ3n) is 2.34. The summed E-state index contributed by atoms with van der Waals surface area (Å²) in [6.45, 7) is 3.91. The third kappa shape index (κ3) is 1.48. The fourth-order valence-corrected chi connectivity index (χ4v) is 1.52. The van der Waals surface area contributed by atoms with Crippen molar-refractivity contribution in [3.63, 3.8) is 0 Å². The zero-order valence-corrected chi connectivity index (χ0v) is 9.01. The van der Waals surface area contributed by atoms with E-state index in [4.69, 9.17) is 10.8 Å². The standard InChI is InChI=1S/C10H12N4O2/c1-5(2)8-3-7(10(15)16)13-9-6(11)4-12-14(8)9/h3-5H,11H2,1-2H3,(H,15,16). The Bertz CT molecular complexity index is 559. The van der Waals surface area contributed by atoms with Gasteiger partial charge in [0.2, 0.25) is 0 Å². The number of hydrogen-bond acceptors (Lipinski definition) is 4. The van der Waals surface area contributed by atoms with Crippen molar-refractivity contribution >= 4 is 17.3 Å². The number of aromatic carboxylic acids is 1. The van der Waals surface area contributed by atoms with Crippen molar-refractivity contribution in [2.45, 2.75) is 19.8 Å². The Morgan fingerprint density at radius 3 is 2.81 bits per heavy atom. The Labute approximate surface area is 91.7 Å². The van der Waals surface area contributed by atoms with Crippen molar-refractivity contribution in [2.24, 2.45) is 0 Å². The van der Waals surface area contributed by atoms with Gasteiger partial charge in [-0.1, -0.05) is 13.8 Å². The quantitative estimate of drug-likeness (QED) is 0.791. The van der Waals surface area contributed by atoms with Crippen molar-refractivity contribution in [1.82, 2.24) is 14.6 Å². The lowest BCUT2D eigenvalue weighted by atomic mass is 10.1. The Morgan fingerprint density at radius 2 is 2.25 bits per heavy atom. The molecule has 0 aromatic carbocycles. The van der Waals surface area contributed by atoms with Crippen LogP contribution in [-0.4, -0.2) is 25.7 Å². The summed E-state index contributed by atoms with van der Waals surface area (Å²) in [5.74, 6) is -0.923. The number of anilines is 1. The molecule has 0 bridgehead atoms. The van der Waals surface area contributed by atoms with E-state index in [0.717, 1.165) is 5.69 Å². The smallest absolute Gasteiger partial charge is 0.354 e. The molecule has 84 valence electrons. The van der Waals surface area contributed by atoms with Crippen LogP contribution in [0.1, 0.15) is 35.9 Å². The highest BCUT2D eigenvalue weighted by Gasteiger charge is 2.15. The molecule has 0 fully saturated rings. The highest BCUT2D eigenvalue weighted by atomic mass is 16.4. The van der Waals surface area contributed by atoms with Gasteiger partial charge in [0.15, 0.2) is 11.3 Å². The van der Waals surface area contributed by atoms with Gasteiger partial charge in [0, 0.05) is 5.69 Å². The summed E-state index contributed by atoms with van der Waals surface area (Å²) in [6.07, 6.45) is 1.47. The Morgan fingerprint density at radius 1 is 1.56 bits per heavy atom. The molecule has 0 saturated carbocycles. The predicted molar refractivity (Wildman–Crippen MR) is 58.4 cm³/mol. The maximum absolute atomic E-state index is 10.9. The summed E-state index contributed by atoms with van der Waals surface area (Å²) < 4.78 is 1.58. The number of nitrogens with zero attached hydrogens (tertiary/aromatic N) is 3. The second kappa shape index (κ2) is 3.48. The fraction of sp³-hybridized carbons (Fsp3) is 0.300. The normalized spacial score (nSPS) is 11.2. The van der Waals surface area contributed by atoms with Crippen LogP contribution in [-0.2, 0) is 0 Å². The van der Waals surface area contributed by atoms with Crippen molar-refractivity contribution in [1.29, 1.82) is 0 Å². The van der Waals surface area contributed by atoms with Crippen LogP contribution in [0.25, 0.3) is 5.65 Å². The molecule has 2 heterocycles. The van der Waals surface area contributed by atoms with Gasteiger partial charge in [0.05, 0.1) is 11.9 Å². The van der Waals surface area contributed by atoms with Gasteiger partial charge < -0.3 is 10.8 Å². The summed E-state index contributed by atoms with van der Waals surface area (Å²) in [6, 6.07) is 1.52. The van der Waals surface area contributed by atoms with E-state index in [9.17, 15) is 4.79 Å². The van der Waals surface area contributed by atoms with Crippen molar-refractivity contribution in [3.8, 4) is 0 Å². The largest absolute Gasteiger partial charge is 0.477 e. The molecule has 0 unspecified atom stereocenters. The van der Waals surface area contributed by atoms with Gasteiger partial charge in [-0.3, -0.25) is 0 Å². The summed E-state index contributed by atoms with van der Waals surface area (Å²) in [5, 5.41) is 13.0. The van der Waals surface area contributed by atoms with E-state index in [0.29, 0.717) is 11.3 Å². The lowest BCUT2D eigenvalue weighted by Gasteiger charge is -2.08. The van der Waals surface area contributed by atoms with Crippen LogP contribution in [0.5, 0.6) is 0 Å². The average Bonchev–Trinajstić information content (AvgIpc) is 2.59. The minimum atomic E-state index is -1.06. The van der Waals surface area contributed by atoms with E-state index in [-0.39, 0.29) is 11.6 Å². The van der Waals surface area contributed by atoms with E-state index in [1.165, 1.54) is 12.3 Å². The topological polar surface area (TPSA) is 93.5 Å². The first kappa shape index (κ1) is 10.4. The van der Waals surface area contributed by atoms with Gasteiger partial charge in [-0.05, 0) is 12.0 Å². The molecule has 0 saturated heterocycles. The van der Waals surface area contributed by atoms with Gasteiger partial charge >= 0.3 is 5.97 Å². The van der Waals surface area contributed by atoms with E-state index in [1.54, 1.807) is 4.52 Å². The number of carboxylic acids is 1. The number of rotatable bonds is 2. The average molecular weight is 220 g/mol. The minimum Gasteiger partial charge on any atom is -0.477 e. The summed E-state index contributed by atoms with van der Waals surface area (Å²) in [5.41, 5.74) is 7.21. The van der Waals surface area contributed by atoms with E-state index in [2.05, 4.69) is 10.1 Å². The molecule has 2 aromatic rings. The number of aromatic nitrogens is 3. The predicted octanol–water partition coefficient (Wildman–Crippen LogP) is 1.13. The molecule has 6 heteroatoms. The van der Waals surface area contributed by atoms with Crippen LogP contribution >= 0.6 is 0 Å². The first-order chi connectivity index (χ1) is 7.50. The first-order valence-corrected chi connectivity index (χ1v) is 4.88. The molecule has 0 atom stereocenters. The van der Waals surface area contributed by atoms with Gasteiger partial charge in [-0.25, -0.2) is 14.3 Å². The molecule has 2 aromatic heterocycles. The van der Waals surface area contributed by atoms with Gasteiger partial charge in [0.1, 0.15) is 0 Å². The number of carboxylic acid groups (broad SMARTS) is 1. The van der Waals surface area contributed by atoms with Crippen LogP contribution in [0.4, 0.5) is 5.69 Å². The van der Waals surface area contributed by atoms with Crippen LogP contribution < -0.4 is 5.73 Å².